The van der Waals surface area contributed by atoms with Crippen LogP contribution in [-0.2, 0) is 17.8 Å². The fourth-order valence-corrected chi connectivity index (χ4v) is 3.86. The maximum atomic E-state index is 12.8. The SMILES string of the molecule is COc1ccc(N(Cc2cccs2)C(=O)CCc2ccsc2)cc1. The number of carbonyl (C=O) groups is 1. The van der Waals surface area contributed by atoms with Gasteiger partial charge in [-0.2, -0.15) is 11.3 Å². The van der Waals surface area contributed by atoms with Crippen molar-refractivity contribution >= 4 is 34.3 Å². The standard InChI is InChI=1S/C19H19NO2S2/c1-22-17-7-5-16(6-8-17)20(13-18-3-2-11-24-18)19(21)9-4-15-10-12-23-14-15/h2-3,5-8,10-12,14H,4,9,13H2,1H3. The normalized spacial score (nSPS) is 10.5. The van der Waals surface area contributed by atoms with E-state index in [4.69, 9.17) is 4.74 Å². The number of hydrogen-bond acceptors (Lipinski definition) is 4. The maximum Gasteiger partial charge on any atom is 0.227 e. The number of nitrogens with zero attached hydrogens (tertiary/aromatic N) is 1. The summed E-state index contributed by atoms with van der Waals surface area (Å²) in [5.41, 5.74) is 2.12. The van der Waals surface area contributed by atoms with Gasteiger partial charge in [0.05, 0.1) is 13.7 Å². The fraction of sp³-hybridized carbons (Fsp3) is 0.211. The van der Waals surface area contributed by atoms with Crippen molar-refractivity contribution in [3.05, 3.63) is 69.0 Å². The van der Waals surface area contributed by atoms with Gasteiger partial charge in [-0.3, -0.25) is 4.79 Å². The summed E-state index contributed by atoms with van der Waals surface area (Å²) in [6.45, 7) is 0.604. The third-order valence-electron chi connectivity index (χ3n) is 3.79. The van der Waals surface area contributed by atoms with Gasteiger partial charge in [-0.15, -0.1) is 11.3 Å². The van der Waals surface area contributed by atoms with E-state index in [-0.39, 0.29) is 5.91 Å². The second kappa shape index (κ2) is 8.13. The molecule has 0 fully saturated rings. The highest BCUT2D eigenvalue weighted by Crippen LogP contribution is 2.24. The van der Waals surface area contributed by atoms with Crippen molar-refractivity contribution < 1.29 is 9.53 Å². The first kappa shape index (κ1) is 16.7. The predicted octanol–water partition coefficient (Wildman–Crippen LogP) is 4.98. The Balaban J connectivity index is 1.76. The number of methoxy groups -OCH3 is 1. The van der Waals surface area contributed by atoms with E-state index in [0.29, 0.717) is 13.0 Å². The number of thiophene rings is 2. The Bertz CT molecular complexity index is 749. The van der Waals surface area contributed by atoms with Crippen LogP contribution in [0.15, 0.2) is 58.6 Å². The average Bonchev–Trinajstić information content (AvgIpc) is 3.31. The second-order valence-electron chi connectivity index (χ2n) is 5.39. The molecular weight excluding hydrogens is 338 g/mol. The third kappa shape index (κ3) is 4.24. The molecule has 24 heavy (non-hydrogen) atoms. The number of anilines is 1. The Morgan fingerprint density at radius 3 is 2.58 bits per heavy atom. The smallest absolute Gasteiger partial charge is 0.227 e. The van der Waals surface area contributed by atoms with Crippen molar-refractivity contribution in [2.24, 2.45) is 0 Å². The van der Waals surface area contributed by atoms with Crippen LogP contribution in [0.4, 0.5) is 5.69 Å². The van der Waals surface area contributed by atoms with Gasteiger partial charge in [-0.05, 0) is 64.5 Å². The van der Waals surface area contributed by atoms with Gasteiger partial charge in [0.2, 0.25) is 5.91 Å². The number of carbonyl (C=O) groups excluding carboxylic acids is 1. The first-order valence-corrected chi connectivity index (χ1v) is 9.56. The third-order valence-corrected chi connectivity index (χ3v) is 5.38. The number of amides is 1. The molecule has 3 nitrogen and oxygen atoms in total. The fourth-order valence-electron chi connectivity index (χ4n) is 2.47. The minimum Gasteiger partial charge on any atom is -0.497 e. The molecule has 0 radical (unpaired) electrons. The van der Waals surface area contributed by atoms with Gasteiger partial charge < -0.3 is 9.64 Å². The minimum absolute atomic E-state index is 0.139. The Morgan fingerprint density at radius 2 is 1.96 bits per heavy atom. The maximum absolute atomic E-state index is 12.8. The molecule has 0 N–H and O–H groups in total. The molecule has 0 saturated heterocycles. The number of ether oxygens (including phenoxy) is 1. The molecule has 0 atom stereocenters. The van der Waals surface area contributed by atoms with E-state index in [1.165, 1.54) is 10.4 Å². The zero-order valence-electron chi connectivity index (χ0n) is 13.5. The Labute approximate surface area is 150 Å². The molecule has 0 aliphatic heterocycles. The number of benzene rings is 1. The summed E-state index contributed by atoms with van der Waals surface area (Å²) < 4.78 is 5.21. The number of rotatable bonds is 7. The van der Waals surface area contributed by atoms with Crippen molar-refractivity contribution in [3.63, 3.8) is 0 Å². The zero-order valence-corrected chi connectivity index (χ0v) is 15.1. The van der Waals surface area contributed by atoms with Crippen LogP contribution in [0.1, 0.15) is 16.9 Å². The molecule has 5 heteroatoms. The van der Waals surface area contributed by atoms with Gasteiger partial charge in [0, 0.05) is 17.0 Å². The molecule has 0 saturated carbocycles. The van der Waals surface area contributed by atoms with Crippen molar-refractivity contribution in [2.75, 3.05) is 12.0 Å². The molecule has 124 valence electrons. The molecule has 0 bridgehead atoms. The lowest BCUT2D eigenvalue weighted by atomic mass is 10.1. The van der Waals surface area contributed by atoms with Gasteiger partial charge in [-0.25, -0.2) is 0 Å². The van der Waals surface area contributed by atoms with E-state index >= 15 is 0 Å². The van der Waals surface area contributed by atoms with Crippen LogP contribution in [0.3, 0.4) is 0 Å². The van der Waals surface area contributed by atoms with Gasteiger partial charge >= 0.3 is 0 Å². The molecule has 0 aliphatic carbocycles. The molecule has 2 heterocycles. The van der Waals surface area contributed by atoms with E-state index in [1.807, 2.05) is 46.0 Å². The van der Waals surface area contributed by atoms with Gasteiger partial charge in [0.1, 0.15) is 5.75 Å². The van der Waals surface area contributed by atoms with Crippen molar-refractivity contribution in [1.29, 1.82) is 0 Å². The summed E-state index contributed by atoms with van der Waals surface area (Å²) in [7, 11) is 1.64. The van der Waals surface area contributed by atoms with E-state index in [9.17, 15) is 4.79 Å². The highest BCUT2D eigenvalue weighted by Gasteiger charge is 2.17. The molecule has 0 unspecified atom stereocenters. The van der Waals surface area contributed by atoms with Crippen LogP contribution in [-0.4, -0.2) is 13.0 Å². The lowest BCUT2D eigenvalue weighted by molar-refractivity contribution is -0.118. The van der Waals surface area contributed by atoms with E-state index in [2.05, 4.69) is 17.5 Å². The zero-order chi connectivity index (χ0) is 16.8. The van der Waals surface area contributed by atoms with Crippen LogP contribution in [0.2, 0.25) is 0 Å². The van der Waals surface area contributed by atoms with Gasteiger partial charge in [-0.1, -0.05) is 6.07 Å². The molecule has 1 aromatic carbocycles. The first-order valence-electron chi connectivity index (χ1n) is 7.74. The molecule has 3 rings (SSSR count). The van der Waals surface area contributed by atoms with E-state index in [0.717, 1.165) is 17.9 Å². The quantitative estimate of drug-likeness (QED) is 0.596. The molecule has 0 aliphatic rings. The lowest BCUT2D eigenvalue weighted by Crippen LogP contribution is -2.30. The van der Waals surface area contributed by atoms with Gasteiger partial charge in [0.25, 0.3) is 0 Å². The summed E-state index contributed by atoms with van der Waals surface area (Å²) in [6, 6.07) is 13.8. The molecule has 2 aromatic heterocycles. The molecule has 0 spiro atoms. The Hall–Kier alpha value is -2.11. The minimum atomic E-state index is 0.139. The largest absolute Gasteiger partial charge is 0.497 e. The van der Waals surface area contributed by atoms with Crippen molar-refractivity contribution in [1.82, 2.24) is 0 Å². The highest BCUT2D eigenvalue weighted by molar-refractivity contribution is 7.09. The van der Waals surface area contributed by atoms with Crippen molar-refractivity contribution in [3.8, 4) is 5.75 Å². The summed E-state index contributed by atoms with van der Waals surface area (Å²) in [5, 5.41) is 6.19. The predicted molar refractivity (Wildman–Crippen MR) is 101 cm³/mol. The molecular formula is C19H19NO2S2. The van der Waals surface area contributed by atoms with E-state index < -0.39 is 0 Å². The number of hydrogen-bond donors (Lipinski definition) is 0. The Kier molecular flexibility index (Phi) is 5.67. The van der Waals surface area contributed by atoms with Crippen LogP contribution in [0, 0.1) is 0 Å². The topological polar surface area (TPSA) is 29.5 Å². The number of aryl methyl sites for hydroxylation is 1. The van der Waals surface area contributed by atoms with Crippen LogP contribution in [0.25, 0.3) is 0 Å². The molecule has 1 amide bonds. The lowest BCUT2D eigenvalue weighted by Gasteiger charge is -2.22. The molecule has 3 aromatic rings. The van der Waals surface area contributed by atoms with E-state index in [1.54, 1.807) is 29.8 Å². The van der Waals surface area contributed by atoms with Gasteiger partial charge in [0.15, 0.2) is 0 Å². The average molecular weight is 358 g/mol. The summed E-state index contributed by atoms with van der Waals surface area (Å²) >= 11 is 3.34. The first-order chi connectivity index (χ1) is 11.8. The van der Waals surface area contributed by atoms with Crippen molar-refractivity contribution in [2.45, 2.75) is 19.4 Å². The monoisotopic (exact) mass is 357 g/mol. The van der Waals surface area contributed by atoms with Crippen LogP contribution >= 0.6 is 22.7 Å². The van der Waals surface area contributed by atoms with Crippen LogP contribution < -0.4 is 9.64 Å². The summed E-state index contributed by atoms with van der Waals surface area (Å²) in [4.78, 5) is 15.9. The summed E-state index contributed by atoms with van der Waals surface area (Å²) in [6.07, 6.45) is 1.29. The van der Waals surface area contributed by atoms with Crippen LogP contribution in [0.5, 0.6) is 5.75 Å². The highest BCUT2D eigenvalue weighted by atomic mass is 32.1. The summed E-state index contributed by atoms with van der Waals surface area (Å²) in [5.74, 6) is 0.931. The second-order valence-corrected chi connectivity index (χ2v) is 7.20. The Morgan fingerprint density at radius 1 is 1.12 bits per heavy atom.